The van der Waals surface area contributed by atoms with Crippen molar-refractivity contribution >= 4 is 27.6 Å². The molecular weight excluding hydrogens is 410 g/mol. The van der Waals surface area contributed by atoms with E-state index in [0.717, 1.165) is 11.1 Å². The molecule has 0 amide bonds. The second-order valence-corrected chi connectivity index (χ2v) is 8.72. The lowest BCUT2D eigenvalue weighted by Crippen LogP contribution is -2.30. The Morgan fingerprint density at radius 3 is 1.90 bits per heavy atom. The fraction of sp³-hybridized carbons (Fsp3) is 0.136. The molecule has 7 heteroatoms. The van der Waals surface area contributed by atoms with Crippen LogP contribution in [-0.2, 0) is 27.8 Å². The first-order valence-electron chi connectivity index (χ1n) is 8.87. The predicted molar refractivity (Wildman–Crippen MR) is 112 cm³/mol. The summed E-state index contributed by atoms with van der Waals surface area (Å²) in [6.45, 7) is 0.377. The van der Waals surface area contributed by atoms with Crippen LogP contribution in [0.25, 0.3) is 0 Å². The van der Waals surface area contributed by atoms with E-state index in [-0.39, 0.29) is 28.6 Å². The van der Waals surface area contributed by atoms with Crippen molar-refractivity contribution in [3.63, 3.8) is 0 Å². The molecule has 3 aromatic carbocycles. The maximum atomic E-state index is 13.4. The first-order valence-corrected chi connectivity index (χ1v) is 10.7. The Morgan fingerprint density at radius 2 is 1.41 bits per heavy atom. The summed E-state index contributed by atoms with van der Waals surface area (Å²) in [5.41, 5.74) is 1.72. The first-order chi connectivity index (χ1) is 13.9. The molecule has 0 fully saturated rings. The molecule has 0 radical (unpaired) electrons. The Bertz CT molecular complexity index is 1040. The third-order valence-electron chi connectivity index (χ3n) is 4.38. The van der Waals surface area contributed by atoms with Crippen LogP contribution in [0.15, 0.2) is 83.8 Å². The highest BCUT2D eigenvalue weighted by Crippen LogP contribution is 2.26. The zero-order valence-electron chi connectivity index (χ0n) is 15.8. The van der Waals surface area contributed by atoms with Crippen molar-refractivity contribution in [2.75, 3.05) is 7.11 Å². The molecule has 0 aliphatic rings. The van der Waals surface area contributed by atoms with Gasteiger partial charge in [-0.2, -0.15) is 4.31 Å². The van der Waals surface area contributed by atoms with E-state index in [4.69, 9.17) is 16.3 Å². The van der Waals surface area contributed by atoms with E-state index >= 15 is 0 Å². The van der Waals surface area contributed by atoms with Crippen molar-refractivity contribution in [2.24, 2.45) is 0 Å². The van der Waals surface area contributed by atoms with Gasteiger partial charge in [0.05, 0.1) is 22.6 Å². The molecule has 0 N–H and O–H groups in total. The molecule has 0 saturated heterocycles. The fourth-order valence-corrected chi connectivity index (χ4v) is 4.52. The molecular formula is C22H20ClNO4S. The van der Waals surface area contributed by atoms with Gasteiger partial charge in [-0.1, -0.05) is 72.3 Å². The normalized spacial score (nSPS) is 11.4. The third kappa shape index (κ3) is 5.03. The van der Waals surface area contributed by atoms with Crippen molar-refractivity contribution in [1.29, 1.82) is 0 Å². The molecule has 0 aliphatic heterocycles. The maximum Gasteiger partial charge on any atom is 0.339 e. The molecule has 0 heterocycles. The molecule has 0 bridgehead atoms. The summed E-state index contributed by atoms with van der Waals surface area (Å²) in [5, 5.41) is 0.133. The van der Waals surface area contributed by atoms with E-state index in [0.29, 0.717) is 0 Å². The highest BCUT2D eigenvalue weighted by molar-refractivity contribution is 7.89. The molecule has 0 aliphatic carbocycles. The molecule has 0 saturated carbocycles. The Labute approximate surface area is 175 Å². The van der Waals surface area contributed by atoms with Gasteiger partial charge in [0.15, 0.2) is 0 Å². The maximum absolute atomic E-state index is 13.4. The minimum absolute atomic E-state index is 0.00890. The van der Waals surface area contributed by atoms with Crippen molar-refractivity contribution in [3.8, 4) is 0 Å². The van der Waals surface area contributed by atoms with Gasteiger partial charge < -0.3 is 4.74 Å². The van der Waals surface area contributed by atoms with Gasteiger partial charge in [0.2, 0.25) is 10.0 Å². The number of hydrogen-bond acceptors (Lipinski definition) is 4. The van der Waals surface area contributed by atoms with Crippen LogP contribution in [0.1, 0.15) is 21.5 Å². The monoisotopic (exact) mass is 429 g/mol. The Morgan fingerprint density at radius 1 is 0.897 bits per heavy atom. The second-order valence-electron chi connectivity index (χ2n) is 6.38. The van der Waals surface area contributed by atoms with Gasteiger partial charge in [-0.3, -0.25) is 0 Å². The van der Waals surface area contributed by atoms with E-state index in [2.05, 4.69) is 0 Å². The van der Waals surface area contributed by atoms with Crippen LogP contribution in [0.3, 0.4) is 0 Å². The lowest BCUT2D eigenvalue weighted by Gasteiger charge is -2.23. The molecule has 0 unspecified atom stereocenters. The molecule has 0 spiro atoms. The number of halogens is 1. The Hall–Kier alpha value is -2.67. The van der Waals surface area contributed by atoms with Crippen LogP contribution < -0.4 is 0 Å². The van der Waals surface area contributed by atoms with Gasteiger partial charge in [-0.05, 0) is 29.3 Å². The molecule has 0 atom stereocenters. The van der Waals surface area contributed by atoms with Crippen molar-refractivity contribution in [1.82, 2.24) is 4.31 Å². The van der Waals surface area contributed by atoms with Crippen LogP contribution >= 0.6 is 11.6 Å². The summed E-state index contributed by atoms with van der Waals surface area (Å²) in [5.74, 6) is -0.690. The van der Waals surface area contributed by atoms with Gasteiger partial charge >= 0.3 is 5.97 Å². The minimum Gasteiger partial charge on any atom is -0.465 e. The number of rotatable bonds is 7. The average Bonchev–Trinajstić information content (AvgIpc) is 2.74. The highest BCUT2D eigenvalue weighted by Gasteiger charge is 2.27. The lowest BCUT2D eigenvalue weighted by atomic mass is 10.2. The summed E-state index contributed by atoms with van der Waals surface area (Å²) in [6.07, 6.45) is 0. The van der Waals surface area contributed by atoms with E-state index in [1.807, 2.05) is 60.7 Å². The molecule has 0 aromatic heterocycles. The number of ether oxygens (including phenoxy) is 1. The zero-order valence-corrected chi connectivity index (χ0v) is 17.4. The zero-order chi connectivity index (χ0) is 20.9. The number of nitrogens with zero attached hydrogens (tertiary/aromatic N) is 1. The Balaban J connectivity index is 2.02. The van der Waals surface area contributed by atoms with Gasteiger partial charge in [0.25, 0.3) is 0 Å². The molecule has 5 nitrogen and oxygen atoms in total. The number of sulfonamides is 1. The number of esters is 1. The summed E-state index contributed by atoms with van der Waals surface area (Å²) in [4.78, 5) is 11.9. The van der Waals surface area contributed by atoms with Crippen LogP contribution in [0.5, 0.6) is 0 Å². The lowest BCUT2D eigenvalue weighted by molar-refractivity contribution is 0.0600. The number of benzene rings is 3. The van der Waals surface area contributed by atoms with Crippen LogP contribution in [0.2, 0.25) is 5.02 Å². The van der Waals surface area contributed by atoms with Crippen molar-refractivity contribution < 1.29 is 17.9 Å². The van der Waals surface area contributed by atoms with Crippen LogP contribution in [0.4, 0.5) is 0 Å². The van der Waals surface area contributed by atoms with Gasteiger partial charge in [-0.25, -0.2) is 13.2 Å². The summed E-state index contributed by atoms with van der Waals surface area (Å²) >= 11 is 6.05. The van der Waals surface area contributed by atoms with E-state index < -0.39 is 16.0 Å². The predicted octanol–water partition coefficient (Wildman–Crippen LogP) is 4.52. The smallest absolute Gasteiger partial charge is 0.339 e. The number of methoxy groups -OCH3 is 1. The van der Waals surface area contributed by atoms with Gasteiger partial charge in [0.1, 0.15) is 0 Å². The SMILES string of the molecule is COC(=O)c1cc(S(=O)(=O)N(Cc2ccccc2)Cc2ccccc2)ccc1Cl. The summed E-state index contributed by atoms with van der Waals surface area (Å²) in [6, 6.07) is 22.7. The molecule has 150 valence electrons. The van der Waals surface area contributed by atoms with Crippen LogP contribution in [-0.4, -0.2) is 25.8 Å². The third-order valence-corrected chi connectivity index (χ3v) is 6.50. The van der Waals surface area contributed by atoms with E-state index in [1.54, 1.807) is 0 Å². The fourth-order valence-electron chi connectivity index (χ4n) is 2.88. The van der Waals surface area contributed by atoms with Gasteiger partial charge in [-0.15, -0.1) is 0 Å². The van der Waals surface area contributed by atoms with E-state index in [9.17, 15) is 13.2 Å². The second kappa shape index (κ2) is 9.22. The summed E-state index contributed by atoms with van der Waals surface area (Å²) < 4.78 is 33.0. The Kier molecular flexibility index (Phi) is 6.69. The summed E-state index contributed by atoms with van der Waals surface area (Å²) in [7, 11) is -2.69. The number of carbonyl (C=O) groups excluding carboxylic acids is 1. The topological polar surface area (TPSA) is 63.7 Å². The quantitative estimate of drug-likeness (QED) is 0.518. The molecule has 29 heavy (non-hydrogen) atoms. The first kappa shape index (κ1) is 21.0. The highest BCUT2D eigenvalue weighted by atomic mass is 35.5. The average molecular weight is 430 g/mol. The largest absolute Gasteiger partial charge is 0.465 e. The van der Waals surface area contributed by atoms with Crippen molar-refractivity contribution in [3.05, 3.63) is 101 Å². The molecule has 3 aromatic rings. The van der Waals surface area contributed by atoms with Gasteiger partial charge in [0, 0.05) is 13.1 Å². The van der Waals surface area contributed by atoms with Crippen molar-refractivity contribution in [2.45, 2.75) is 18.0 Å². The van der Waals surface area contributed by atoms with E-state index in [1.165, 1.54) is 29.6 Å². The number of hydrogen-bond donors (Lipinski definition) is 0. The number of carbonyl (C=O) groups is 1. The molecule has 3 rings (SSSR count). The standard InChI is InChI=1S/C22H20ClNO4S/c1-28-22(25)20-14-19(12-13-21(20)23)29(26,27)24(15-17-8-4-2-5-9-17)16-18-10-6-3-7-11-18/h2-14H,15-16H2,1H3. The minimum atomic E-state index is -3.91. The van der Waals surface area contributed by atoms with Crippen LogP contribution in [0, 0.1) is 0 Å².